The summed E-state index contributed by atoms with van der Waals surface area (Å²) >= 11 is 0. The molecule has 58 valence electrons. The normalized spacial score (nSPS) is 9.55. The van der Waals surface area contributed by atoms with Gasteiger partial charge in [0.05, 0.1) is 0 Å². The van der Waals surface area contributed by atoms with E-state index < -0.39 is 0 Å². The Kier molecular flexibility index (Phi) is 1.81. The first kappa shape index (κ1) is 7.60. The van der Waals surface area contributed by atoms with Crippen LogP contribution in [0, 0.1) is 6.92 Å². The number of nitrogens with two attached hydrogens (primary N) is 1. The molecule has 3 N–H and O–H groups in total. The van der Waals surface area contributed by atoms with Crippen LogP contribution in [-0.2, 0) is 0 Å². The Morgan fingerprint density at radius 3 is 2.91 bits per heavy atom. The molecule has 0 amide bonds. The second-order valence-electron chi connectivity index (χ2n) is 2.28. The molecule has 0 aliphatic heterocycles. The largest absolute Gasteiger partial charge is 0.504 e. The smallest absolute Gasteiger partial charge is 0.166 e. The van der Waals surface area contributed by atoms with Crippen LogP contribution in [-0.4, -0.2) is 10.1 Å². The minimum absolute atomic E-state index is 0.0439. The number of anilines is 1. The predicted molar refractivity (Wildman–Crippen MR) is 45.1 cm³/mol. The summed E-state index contributed by atoms with van der Waals surface area (Å²) in [5, 5.41) is 9.28. The van der Waals surface area contributed by atoms with Crippen molar-refractivity contribution < 1.29 is 5.11 Å². The average Bonchev–Trinajstić information content (AvgIpc) is 2.01. The number of nitrogen functional groups attached to an aromatic ring is 1. The lowest BCUT2D eigenvalue weighted by atomic mass is 10.1. The van der Waals surface area contributed by atoms with Crippen molar-refractivity contribution in [3.05, 3.63) is 23.9 Å². The maximum Gasteiger partial charge on any atom is 0.166 e. The van der Waals surface area contributed by atoms with Gasteiger partial charge in [0, 0.05) is 11.8 Å². The Bertz CT molecular complexity index is 294. The van der Waals surface area contributed by atoms with Crippen LogP contribution in [0.3, 0.4) is 0 Å². The van der Waals surface area contributed by atoms with Crippen molar-refractivity contribution in [2.24, 2.45) is 0 Å². The van der Waals surface area contributed by atoms with Gasteiger partial charge in [0.25, 0.3) is 0 Å². The highest BCUT2D eigenvalue weighted by molar-refractivity contribution is 5.60. The first-order chi connectivity index (χ1) is 5.16. The van der Waals surface area contributed by atoms with E-state index in [2.05, 4.69) is 11.6 Å². The highest BCUT2D eigenvalue weighted by Gasteiger charge is 2.04. The summed E-state index contributed by atoms with van der Waals surface area (Å²) in [6, 6.07) is 0. The molecule has 0 unspecified atom stereocenters. The van der Waals surface area contributed by atoms with E-state index in [0.29, 0.717) is 5.56 Å². The number of nitrogens with zero attached hydrogens (tertiary/aromatic N) is 1. The van der Waals surface area contributed by atoms with E-state index in [-0.39, 0.29) is 11.6 Å². The molecule has 0 bridgehead atoms. The van der Waals surface area contributed by atoms with E-state index in [0.717, 1.165) is 5.56 Å². The maximum atomic E-state index is 9.28. The number of pyridine rings is 1. The molecule has 11 heavy (non-hydrogen) atoms. The molecule has 0 saturated carbocycles. The number of hydrogen-bond donors (Lipinski definition) is 2. The minimum atomic E-state index is 0.0439. The van der Waals surface area contributed by atoms with E-state index in [1.54, 1.807) is 19.2 Å². The van der Waals surface area contributed by atoms with Crippen molar-refractivity contribution in [1.82, 2.24) is 4.98 Å². The molecule has 0 saturated heterocycles. The quantitative estimate of drug-likeness (QED) is 0.634. The van der Waals surface area contributed by atoms with Crippen molar-refractivity contribution in [1.29, 1.82) is 0 Å². The first-order valence-electron chi connectivity index (χ1n) is 3.23. The molecule has 1 rings (SSSR count). The monoisotopic (exact) mass is 150 g/mol. The molecule has 0 radical (unpaired) electrons. The Labute approximate surface area is 65.2 Å². The SMILES string of the molecule is C=Cc1cnc(N)c(O)c1C. The lowest BCUT2D eigenvalue weighted by Crippen LogP contribution is -1.93. The number of rotatable bonds is 1. The molecule has 3 nitrogen and oxygen atoms in total. The summed E-state index contributed by atoms with van der Waals surface area (Å²) < 4.78 is 0. The fourth-order valence-electron chi connectivity index (χ4n) is 0.832. The highest BCUT2D eigenvalue weighted by Crippen LogP contribution is 2.24. The van der Waals surface area contributed by atoms with Gasteiger partial charge in [0.1, 0.15) is 0 Å². The molecule has 3 heteroatoms. The highest BCUT2D eigenvalue weighted by atomic mass is 16.3. The zero-order valence-electron chi connectivity index (χ0n) is 6.33. The van der Waals surface area contributed by atoms with Gasteiger partial charge in [-0.3, -0.25) is 0 Å². The molecule has 0 atom stereocenters. The zero-order chi connectivity index (χ0) is 8.43. The lowest BCUT2D eigenvalue weighted by Gasteiger charge is -2.03. The van der Waals surface area contributed by atoms with Crippen molar-refractivity contribution in [2.45, 2.75) is 6.92 Å². The van der Waals surface area contributed by atoms with Gasteiger partial charge in [-0.05, 0) is 12.5 Å². The van der Waals surface area contributed by atoms with E-state index in [1.807, 2.05) is 0 Å². The van der Waals surface area contributed by atoms with Crippen LogP contribution in [0.15, 0.2) is 12.8 Å². The van der Waals surface area contributed by atoms with Gasteiger partial charge in [-0.1, -0.05) is 12.7 Å². The van der Waals surface area contributed by atoms with Gasteiger partial charge in [-0.2, -0.15) is 0 Å². The maximum absolute atomic E-state index is 9.28. The molecule has 1 heterocycles. The molecule has 0 spiro atoms. The third-order valence-corrected chi connectivity index (χ3v) is 1.59. The molecule has 0 aromatic carbocycles. The molecule has 1 aromatic rings. The standard InChI is InChI=1S/C8H10N2O/c1-3-6-4-10-8(9)7(11)5(6)2/h3-4,11H,1H2,2H3,(H2,9,10). The van der Waals surface area contributed by atoms with Crippen LogP contribution < -0.4 is 5.73 Å². The van der Waals surface area contributed by atoms with Crippen LogP contribution in [0.1, 0.15) is 11.1 Å². The lowest BCUT2D eigenvalue weighted by molar-refractivity contribution is 0.471. The third-order valence-electron chi connectivity index (χ3n) is 1.59. The predicted octanol–water partition coefficient (Wildman–Crippen LogP) is 1.32. The van der Waals surface area contributed by atoms with Crippen molar-refractivity contribution >= 4 is 11.9 Å². The van der Waals surface area contributed by atoms with E-state index in [1.165, 1.54) is 0 Å². The average molecular weight is 150 g/mol. The summed E-state index contributed by atoms with van der Waals surface area (Å²) in [5.74, 6) is 0.204. The van der Waals surface area contributed by atoms with Crippen molar-refractivity contribution in [2.75, 3.05) is 5.73 Å². The number of aromatic nitrogens is 1. The Morgan fingerprint density at radius 1 is 1.73 bits per heavy atom. The molecular weight excluding hydrogens is 140 g/mol. The topological polar surface area (TPSA) is 59.1 Å². The van der Waals surface area contributed by atoms with Crippen molar-refractivity contribution in [3.63, 3.8) is 0 Å². The Morgan fingerprint density at radius 2 is 2.36 bits per heavy atom. The van der Waals surface area contributed by atoms with E-state index in [4.69, 9.17) is 5.73 Å². The molecule has 0 fully saturated rings. The fraction of sp³-hybridized carbons (Fsp3) is 0.125. The van der Waals surface area contributed by atoms with Gasteiger partial charge >= 0.3 is 0 Å². The molecule has 1 aromatic heterocycles. The van der Waals surface area contributed by atoms with Gasteiger partial charge in [0.15, 0.2) is 11.6 Å². The summed E-state index contributed by atoms with van der Waals surface area (Å²) in [4.78, 5) is 3.77. The summed E-state index contributed by atoms with van der Waals surface area (Å²) in [5.41, 5.74) is 6.87. The van der Waals surface area contributed by atoms with Crippen LogP contribution in [0.25, 0.3) is 6.08 Å². The second kappa shape index (κ2) is 2.62. The fourth-order valence-corrected chi connectivity index (χ4v) is 0.832. The van der Waals surface area contributed by atoms with Crippen molar-refractivity contribution in [3.8, 4) is 5.75 Å². The summed E-state index contributed by atoms with van der Waals surface area (Å²) in [6.45, 7) is 5.34. The van der Waals surface area contributed by atoms with Crippen LogP contribution in [0.2, 0.25) is 0 Å². The first-order valence-corrected chi connectivity index (χ1v) is 3.23. The summed E-state index contributed by atoms with van der Waals surface area (Å²) in [7, 11) is 0. The van der Waals surface area contributed by atoms with Crippen LogP contribution in [0.5, 0.6) is 5.75 Å². The Balaban J connectivity index is 3.36. The third kappa shape index (κ3) is 1.17. The Hall–Kier alpha value is -1.51. The van der Waals surface area contributed by atoms with Gasteiger partial charge in [-0.15, -0.1) is 0 Å². The second-order valence-corrected chi connectivity index (χ2v) is 2.28. The van der Waals surface area contributed by atoms with E-state index >= 15 is 0 Å². The molecule has 0 aliphatic rings. The van der Waals surface area contributed by atoms with Gasteiger partial charge in [0.2, 0.25) is 0 Å². The molecular formula is C8H10N2O. The molecule has 0 aliphatic carbocycles. The minimum Gasteiger partial charge on any atom is -0.504 e. The van der Waals surface area contributed by atoms with E-state index in [9.17, 15) is 5.11 Å². The van der Waals surface area contributed by atoms with Crippen LogP contribution in [0.4, 0.5) is 5.82 Å². The number of aromatic hydroxyl groups is 1. The van der Waals surface area contributed by atoms with Crippen LogP contribution >= 0.6 is 0 Å². The zero-order valence-corrected chi connectivity index (χ0v) is 6.33. The summed E-state index contributed by atoms with van der Waals surface area (Å²) in [6.07, 6.45) is 3.21. The number of hydrogen-bond acceptors (Lipinski definition) is 3. The van der Waals surface area contributed by atoms with Gasteiger partial charge in [-0.25, -0.2) is 4.98 Å². The van der Waals surface area contributed by atoms with Gasteiger partial charge < -0.3 is 10.8 Å².